The van der Waals surface area contributed by atoms with Crippen LogP contribution in [0.3, 0.4) is 0 Å². The lowest BCUT2D eigenvalue weighted by atomic mass is 10.5. The Kier molecular flexibility index (Phi) is 5.54. The summed E-state index contributed by atoms with van der Waals surface area (Å²) in [6.07, 6.45) is 1.29. The first-order valence-corrected chi connectivity index (χ1v) is 7.65. The second-order valence-corrected chi connectivity index (χ2v) is 6.10. The van der Waals surface area contributed by atoms with Crippen LogP contribution in [0.1, 0.15) is 13.3 Å². The van der Waals surface area contributed by atoms with Crippen LogP contribution in [0.25, 0.3) is 0 Å². The zero-order valence-corrected chi connectivity index (χ0v) is 12.1. The topological polar surface area (TPSA) is 85.4 Å². The first-order valence-electron chi connectivity index (χ1n) is 5.20. The third kappa shape index (κ3) is 5.46. The van der Waals surface area contributed by atoms with E-state index in [-0.39, 0.29) is 24.6 Å². The molecule has 0 atom stereocenters. The van der Waals surface area contributed by atoms with Crippen molar-refractivity contribution in [2.45, 2.75) is 13.3 Å². The summed E-state index contributed by atoms with van der Waals surface area (Å²) in [6, 6.07) is 3.18. The van der Waals surface area contributed by atoms with Gasteiger partial charge in [0.1, 0.15) is 5.82 Å². The molecular formula is C10H13BrN2O4S. The van der Waals surface area contributed by atoms with E-state index < -0.39 is 16.0 Å². The molecule has 0 saturated carbocycles. The van der Waals surface area contributed by atoms with E-state index in [1.165, 1.54) is 12.3 Å². The van der Waals surface area contributed by atoms with Crippen LogP contribution in [0, 0.1) is 0 Å². The number of carbonyl (C=O) groups is 1. The largest absolute Gasteiger partial charge is 0.466 e. The number of hydrogen-bond donors (Lipinski definition) is 1. The molecule has 0 aliphatic carbocycles. The van der Waals surface area contributed by atoms with E-state index in [0.717, 1.165) is 4.47 Å². The highest BCUT2D eigenvalue weighted by molar-refractivity contribution is 9.10. The molecule has 0 amide bonds. The van der Waals surface area contributed by atoms with Crippen molar-refractivity contribution in [1.82, 2.24) is 4.98 Å². The fourth-order valence-electron chi connectivity index (χ4n) is 1.10. The molecule has 0 aromatic carbocycles. The van der Waals surface area contributed by atoms with Gasteiger partial charge in [-0.1, -0.05) is 0 Å². The molecule has 1 rings (SSSR count). The summed E-state index contributed by atoms with van der Waals surface area (Å²) in [5, 5.41) is 0. The predicted octanol–water partition coefficient (Wildman–Crippen LogP) is 1.54. The maximum Gasteiger partial charge on any atom is 0.306 e. The van der Waals surface area contributed by atoms with Crippen molar-refractivity contribution in [2.75, 3.05) is 17.1 Å². The molecule has 0 saturated heterocycles. The summed E-state index contributed by atoms with van der Waals surface area (Å²) in [6.45, 7) is 1.90. The van der Waals surface area contributed by atoms with Crippen LogP contribution in [0.15, 0.2) is 22.8 Å². The lowest BCUT2D eigenvalue weighted by Crippen LogP contribution is -2.20. The van der Waals surface area contributed by atoms with E-state index in [9.17, 15) is 13.2 Å². The van der Waals surface area contributed by atoms with Crippen molar-refractivity contribution in [3.63, 3.8) is 0 Å². The Morgan fingerprint density at radius 1 is 1.50 bits per heavy atom. The summed E-state index contributed by atoms with van der Waals surface area (Å²) in [5.41, 5.74) is 0. The highest BCUT2D eigenvalue weighted by Crippen LogP contribution is 2.12. The van der Waals surface area contributed by atoms with E-state index in [4.69, 9.17) is 0 Å². The van der Waals surface area contributed by atoms with Gasteiger partial charge in [-0.3, -0.25) is 9.52 Å². The third-order valence-corrected chi connectivity index (χ3v) is 3.60. The molecule has 1 heterocycles. The van der Waals surface area contributed by atoms with Crippen molar-refractivity contribution < 1.29 is 17.9 Å². The smallest absolute Gasteiger partial charge is 0.306 e. The SMILES string of the molecule is CCOC(=O)CCS(=O)(=O)Nc1ccc(Br)cn1. The number of hydrogen-bond acceptors (Lipinski definition) is 5. The van der Waals surface area contributed by atoms with Crippen LogP contribution in [0.2, 0.25) is 0 Å². The number of carbonyl (C=O) groups excluding carboxylic acids is 1. The monoisotopic (exact) mass is 336 g/mol. The molecule has 0 unspecified atom stereocenters. The number of anilines is 1. The number of sulfonamides is 1. The second-order valence-electron chi connectivity index (χ2n) is 3.34. The molecule has 0 radical (unpaired) electrons. The van der Waals surface area contributed by atoms with Crippen LogP contribution in [0.5, 0.6) is 0 Å². The second kappa shape index (κ2) is 6.69. The molecule has 100 valence electrons. The average molecular weight is 337 g/mol. The van der Waals surface area contributed by atoms with Gasteiger partial charge >= 0.3 is 5.97 Å². The van der Waals surface area contributed by atoms with Gasteiger partial charge in [0.2, 0.25) is 10.0 Å². The number of esters is 1. The maximum atomic E-state index is 11.6. The minimum Gasteiger partial charge on any atom is -0.466 e. The van der Waals surface area contributed by atoms with Crippen LogP contribution in [-0.2, 0) is 19.6 Å². The molecule has 1 N–H and O–H groups in total. The van der Waals surface area contributed by atoms with E-state index in [1.54, 1.807) is 13.0 Å². The van der Waals surface area contributed by atoms with Gasteiger partial charge in [0.05, 0.1) is 18.8 Å². The van der Waals surface area contributed by atoms with Gasteiger partial charge in [0.15, 0.2) is 0 Å². The van der Waals surface area contributed by atoms with Gasteiger partial charge in [0.25, 0.3) is 0 Å². The summed E-state index contributed by atoms with van der Waals surface area (Å²) in [7, 11) is -3.59. The molecule has 0 spiro atoms. The predicted molar refractivity (Wildman–Crippen MR) is 70.6 cm³/mol. The number of halogens is 1. The van der Waals surface area contributed by atoms with Gasteiger partial charge in [0, 0.05) is 10.7 Å². The lowest BCUT2D eigenvalue weighted by Gasteiger charge is -2.06. The van der Waals surface area contributed by atoms with Crippen LogP contribution in [0.4, 0.5) is 5.82 Å². The Bertz CT molecular complexity index is 501. The first-order chi connectivity index (χ1) is 8.43. The minimum absolute atomic E-state index is 0.181. The third-order valence-electron chi connectivity index (χ3n) is 1.87. The fraction of sp³-hybridized carbons (Fsp3) is 0.400. The molecule has 0 aliphatic heterocycles. The van der Waals surface area contributed by atoms with E-state index >= 15 is 0 Å². The van der Waals surface area contributed by atoms with Gasteiger partial charge in [-0.15, -0.1) is 0 Å². The van der Waals surface area contributed by atoms with Gasteiger partial charge in [-0.2, -0.15) is 0 Å². The Balaban J connectivity index is 2.54. The summed E-state index contributed by atoms with van der Waals surface area (Å²) in [5.74, 6) is -0.655. The number of rotatable bonds is 6. The molecule has 1 aromatic rings. The standard InChI is InChI=1S/C10H13BrN2O4S/c1-2-17-10(14)5-6-18(15,16)13-9-4-3-8(11)7-12-9/h3-4,7H,2,5-6H2,1H3,(H,12,13). The molecule has 18 heavy (non-hydrogen) atoms. The molecule has 8 heteroatoms. The van der Waals surface area contributed by atoms with Crippen molar-refractivity contribution in [1.29, 1.82) is 0 Å². The van der Waals surface area contributed by atoms with Gasteiger partial charge < -0.3 is 4.74 Å². The van der Waals surface area contributed by atoms with Crippen LogP contribution < -0.4 is 4.72 Å². The number of nitrogens with zero attached hydrogens (tertiary/aromatic N) is 1. The zero-order chi connectivity index (χ0) is 13.6. The van der Waals surface area contributed by atoms with Crippen LogP contribution in [-0.4, -0.2) is 31.7 Å². The van der Waals surface area contributed by atoms with E-state index in [2.05, 4.69) is 30.4 Å². The van der Waals surface area contributed by atoms with E-state index in [1.807, 2.05) is 0 Å². The summed E-state index contributed by atoms with van der Waals surface area (Å²) >= 11 is 3.19. The van der Waals surface area contributed by atoms with Crippen LogP contribution >= 0.6 is 15.9 Å². The Morgan fingerprint density at radius 2 is 2.22 bits per heavy atom. The van der Waals surface area contributed by atoms with Crippen molar-refractivity contribution >= 4 is 37.7 Å². The van der Waals surface area contributed by atoms with Gasteiger partial charge in [-0.25, -0.2) is 13.4 Å². The number of nitrogens with one attached hydrogen (secondary N) is 1. The number of ether oxygens (including phenoxy) is 1. The van der Waals surface area contributed by atoms with Crippen molar-refractivity contribution in [3.05, 3.63) is 22.8 Å². The maximum absolute atomic E-state index is 11.6. The minimum atomic E-state index is -3.59. The van der Waals surface area contributed by atoms with Crippen molar-refractivity contribution in [2.24, 2.45) is 0 Å². The molecule has 0 fully saturated rings. The quantitative estimate of drug-likeness (QED) is 0.796. The molecular weight excluding hydrogens is 324 g/mol. The number of aromatic nitrogens is 1. The van der Waals surface area contributed by atoms with Gasteiger partial charge in [-0.05, 0) is 35.0 Å². The summed E-state index contributed by atoms with van der Waals surface area (Å²) in [4.78, 5) is 14.9. The Hall–Kier alpha value is -1.15. The molecule has 6 nitrogen and oxygen atoms in total. The Morgan fingerprint density at radius 3 is 2.78 bits per heavy atom. The first kappa shape index (κ1) is 14.9. The molecule has 0 aliphatic rings. The normalized spacial score (nSPS) is 11.0. The fourth-order valence-corrected chi connectivity index (χ4v) is 2.31. The highest BCUT2D eigenvalue weighted by atomic mass is 79.9. The number of pyridine rings is 1. The average Bonchev–Trinajstić information content (AvgIpc) is 2.30. The lowest BCUT2D eigenvalue weighted by molar-refractivity contribution is -0.142. The zero-order valence-electron chi connectivity index (χ0n) is 9.72. The molecule has 1 aromatic heterocycles. The van der Waals surface area contributed by atoms with E-state index in [0.29, 0.717) is 0 Å². The Labute approximate surface area is 114 Å². The van der Waals surface area contributed by atoms with Crippen molar-refractivity contribution in [3.8, 4) is 0 Å². The summed E-state index contributed by atoms with van der Waals surface area (Å²) < 4.78 is 30.9. The molecule has 0 bridgehead atoms. The highest BCUT2D eigenvalue weighted by Gasteiger charge is 2.14.